The Labute approximate surface area is 212 Å². The maximum Gasteiger partial charge on any atom is 0.185 e. The van der Waals surface area contributed by atoms with Crippen molar-refractivity contribution in [3.63, 3.8) is 0 Å². The topological polar surface area (TPSA) is 81.2 Å². The number of benzene rings is 3. The Morgan fingerprint density at radius 1 is 0.917 bits per heavy atom. The summed E-state index contributed by atoms with van der Waals surface area (Å²) >= 11 is 0. The second-order valence-corrected chi connectivity index (χ2v) is 11.3. The molecule has 0 radical (unpaired) electrons. The quantitative estimate of drug-likeness (QED) is 0.288. The molecule has 1 aliphatic rings. The zero-order valence-corrected chi connectivity index (χ0v) is 20.2. The molecular weight excluding hydrogens is 470 g/mol. The monoisotopic (exact) mass is 499 g/mol. The summed E-state index contributed by atoms with van der Waals surface area (Å²) < 4.78 is 25.2. The maximum atomic E-state index is 12.8. The van der Waals surface area contributed by atoms with Crippen LogP contribution >= 0.6 is 0 Å². The number of carbonyl (C=O) groups excluding carboxylic acids is 2. The molecule has 6 heteroatoms. The largest absolute Gasteiger partial charge is 0.299 e. The van der Waals surface area contributed by atoms with Crippen LogP contribution in [0.4, 0.5) is 0 Å². The first-order valence-corrected chi connectivity index (χ1v) is 13.2. The smallest absolute Gasteiger partial charge is 0.185 e. The average molecular weight is 500 g/mol. The van der Waals surface area contributed by atoms with Gasteiger partial charge >= 0.3 is 0 Å². The first-order chi connectivity index (χ1) is 16.8. The number of sulfone groups is 1. The number of hydrogen-bond acceptors (Lipinski definition) is 5. The van der Waals surface area contributed by atoms with Crippen LogP contribution in [0.5, 0.6) is 0 Å². The van der Waals surface area contributed by atoms with Crippen molar-refractivity contribution >= 4 is 32.2 Å². The fourth-order valence-electron chi connectivity index (χ4n) is 4.50. The third-order valence-corrected chi connectivity index (χ3v) is 8.28. The van der Waals surface area contributed by atoms with Crippen molar-refractivity contribution < 1.29 is 18.0 Å². The Bertz CT molecular complexity index is 1520. The van der Waals surface area contributed by atoms with Gasteiger partial charge in [-0.1, -0.05) is 67.6 Å². The van der Waals surface area contributed by atoms with Crippen molar-refractivity contribution in [3.8, 4) is 0 Å². The molecule has 1 fully saturated rings. The van der Waals surface area contributed by atoms with Gasteiger partial charge in [-0.3, -0.25) is 14.6 Å². The number of rotatable bonds is 8. The zero-order valence-electron chi connectivity index (χ0n) is 19.3. The molecule has 184 valence electrons. The van der Waals surface area contributed by atoms with E-state index in [-0.39, 0.29) is 29.9 Å². The van der Waals surface area contributed by atoms with E-state index < -0.39 is 21.4 Å². The second-order valence-electron chi connectivity index (χ2n) is 9.27. The van der Waals surface area contributed by atoms with Gasteiger partial charge in [0.05, 0.1) is 4.90 Å². The minimum absolute atomic E-state index is 0. The van der Waals surface area contributed by atoms with Crippen LogP contribution in [0.25, 0.3) is 10.8 Å². The lowest BCUT2D eigenvalue weighted by Gasteiger charge is -2.06. The predicted molar refractivity (Wildman–Crippen MR) is 142 cm³/mol. The number of nitrogens with zero attached hydrogens (tertiary/aromatic N) is 1. The molecule has 1 saturated carbocycles. The van der Waals surface area contributed by atoms with Crippen LogP contribution in [0.2, 0.25) is 0 Å². The van der Waals surface area contributed by atoms with Crippen LogP contribution in [0, 0.1) is 12.8 Å². The van der Waals surface area contributed by atoms with Crippen molar-refractivity contribution in [1.82, 2.24) is 4.98 Å². The van der Waals surface area contributed by atoms with Gasteiger partial charge in [0.2, 0.25) is 0 Å². The molecule has 5 nitrogen and oxygen atoms in total. The van der Waals surface area contributed by atoms with Gasteiger partial charge in [0.1, 0.15) is 11.5 Å². The number of aromatic nitrogens is 1. The Morgan fingerprint density at radius 3 is 2.36 bits per heavy atom. The minimum Gasteiger partial charge on any atom is -0.299 e. The van der Waals surface area contributed by atoms with Crippen LogP contribution in [0.1, 0.15) is 46.8 Å². The van der Waals surface area contributed by atoms with Gasteiger partial charge in [0.15, 0.2) is 15.6 Å². The van der Waals surface area contributed by atoms with Crippen LogP contribution in [0.3, 0.4) is 0 Å². The van der Waals surface area contributed by atoms with Crippen LogP contribution in [-0.2, 0) is 21.1 Å². The molecule has 0 N–H and O–H groups in total. The summed E-state index contributed by atoms with van der Waals surface area (Å²) in [6.07, 6.45) is 4.75. The lowest BCUT2D eigenvalue weighted by Crippen LogP contribution is -2.16. The van der Waals surface area contributed by atoms with Gasteiger partial charge < -0.3 is 0 Å². The van der Waals surface area contributed by atoms with Gasteiger partial charge in [-0.25, -0.2) is 8.42 Å². The van der Waals surface area contributed by atoms with E-state index in [2.05, 4.69) is 4.98 Å². The molecule has 1 heterocycles. The number of pyridine rings is 1. The second kappa shape index (κ2) is 10.2. The van der Waals surface area contributed by atoms with Crippen molar-refractivity contribution in [1.29, 1.82) is 0 Å². The van der Waals surface area contributed by atoms with Gasteiger partial charge in [0.25, 0.3) is 0 Å². The van der Waals surface area contributed by atoms with Crippen LogP contribution in [-0.4, -0.2) is 30.7 Å². The summed E-state index contributed by atoms with van der Waals surface area (Å²) in [4.78, 5) is 29.7. The fraction of sp³-hybridized carbons (Fsp3) is 0.233. The van der Waals surface area contributed by atoms with Crippen molar-refractivity contribution in [2.24, 2.45) is 5.92 Å². The number of Topliss-reactive ketones (excluding diaryl/α,β-unsaturated/α-hetero) is 2. The number of ketones is 2. The van der Waals surface area contributed by atoms with E-state index in [1.54, 1.807) is 30.5 Å². The van der Waals surface area contributed by atoms with Gasteiger partial charge in [-0.15, -0.1) is 0 Å². The first-order valence-electron chi connectivity index (χ1n) is 11.6. The van der Waals surface area contributed by atoms with E-state index in [0.717, 1.165) is 33.9 Å². The standard InChI is InChI=1S/C29H25NO4S.CH4/c1-19-2-10-25(11-3-19)35(33,34)18-29(32)22-8-6-21(7-9-22)26-16-27(26)28(31)15-20-4-5-24-17-30-13-12-23(24)14-20;/h2-14,17,26-27H,15-16,18H2,1H3;1H4/t26-,27+;/m0./s1. The third-order valence-electron chi connectivity index (χ3n) is 6.65. The van der Waals surface area contributed by atoms with Crippen molar-refractivity contribution in [2.45, 2.75) is 38.0 Å². The molecule has 0 amide bonds. The highest BCUT2D eigenvalue weighted by molar-refractivity contribution is 7.92. The van der Waals surface area contributed by atoms with E-state index >= 15 is 0 Å². The van der Waals surface area contributed by atoms with E-state index in [4.69, 9.17) is 0 Å². The molecule has 1 aromatic heterocycles. The van der Waals surface area contributed by atoms with E-state index in [9.17, 15) is 18.0 Å². The molecule has 5 rings (SSSR count). The Hall–Kier alpha value is -3.64. The van der Waals surface area contributed by atoms with Crippen molar-refractivity contribution in [3.05, 3.63) is 107 Å². The zero-order chi connectivity index (χ0) is 24.6. The number of fused-ring (bicyclic) bond motifs is 1. The summed E-state index contributed by atoms with van der Waals surface area (Å²) in [5.74, 6) is -0.666. The maximum absolute atomic E-state index is 12.8. The van der Waals surface area contributed by atoms with E-state index in [0.29, 0.717) is 12.0 Å². The molecule has 0 aliphatic heterocycles. The molecule has 1 aliphatic carbocycles. The lowest BCUT2D eigenvalue weighted by molar-refractivity contribution is -0.119. The number of aryl methyl sites for hydroxylation is 1. The third kappa shape index (κ3) is 5.44. The number of carbonyl (C=O) groups is 2. The summed E-state index contributed by atoms with van der Waals surface area (Å²) in [5.41, 5.74) is 3.32. The molecule has 2 atom stereocenters. The summed E-state index contributed by atoms with van der Waals surface area (Å²) in [6.45, 7) is 1.88. The molecular formula is C30H29NO4S. The summed E-state index contributed by atoms with van der Waals surface area (Å²) in [6, 6.07) is 21.5. The lowest BCUT2D eigenvalue weighted by atomic mass is 10.00. The molecule has 0 saturated heterocycles. The minimum atomic E-state index is -3.70. The Balaban J connectivity index is 0.00000304. The molecule has 0 bridgehead atoms. The van der Waals surface area contributed by atoms with E-state index in [1.165, 1.54) is 12.1 Å². The molecule has 0 unspecified atom stereocenters. The predicted octanol–water partition coefficient (Wildman–Crippen LogP) is 5.75. The van der Waals surface area contributed by atoms with Crippen molar-refractivity contribution in [2.75, 3.05) is 5.75 Å². The normalized spacial score (nSPS) is 16.8. The van der Waals surface area contributed by atoms with Gasteiger partial charge in [0, 0.05) is 35.7 Å². The molecule has 4 aromatic rings. The highest BCUT2D eigenvalue weighted by Crippen LogP contribution is 2.48. The average Bonchev–Trinajstić information content (AvgIpc) is 3.65. The molecule has 36 heavy (non-hydrogen) atoms. The SMILES string of the molecule is C.Cc1ccc(S(=O)(=O)CC(=O)c2ccc([C@@H]3C[C@H]3C(=O)Cc3ccc4cnccc4c3)cc2)cc1. The molecule has 3 aromatic carbocycles. The van der Waals surface area contributed by atoms with Gasteiger partial charge in [-0.2, -0.15) is 0 Å². The van der Waals surface area contributed by atoms with Gasteiger partial charge in [-0.05, 0) is 54.0 Å². The Kier molecular flexibility index (Phi) is 7.18. The Morgan fingerprint density at radius 2 is 1.64 bits per heavy atom. The van der Waals surface area contributed by atoms with Crippen LogP contribution in [0.15, 0.2) is 90.1 Å². The summed E-state index contributed by atoms with van der Waals surface area (Å²) in [5, 5.41) is 2.12. The highest BCUT2D eigenvalue weighted by Gasteiger charge is 2.43. The van der Waals surface area contributed by atoms with Crippen LogP contribution < -0.4 is 0 Å². The fourth-order valence-corrected chi connectivity index (χ4v) is 5.72. The summed E-state index contributed by atoms with van der Waals surface area (Å²) in [7, 11) is -3.70. The first kappa shape index (κ1) is 25.5. The highest BCUT2D eigenvalue weighted by atomic mass is 32.2. The van der Waals surface area contributed by atoms with E-state index in [1.807, 2.05) is 49.5 Å². The number of hydrogen-bond donors (Lipinski definition) is 0. The molecule has 0 spiro atoms.